The molecule has 9 heteroatoms. The first-order valence-corrected chi connectivity index (χ1v) is 12.3. The average molecular weight is 470 g/mol. The van der Waals surface area contributed by atoms with Crippen LogP contribution in [0.15, 0.2) is 70.2 Å². The Morgan fingerprint density at radius 1 is 1.06 bits per heavy atom. The van der Waals surface area contributed by atoms with Crippen molar-refractivity contribution in [1.29, 1.82) is 0 Å². The average Bonchev–Trinajstić information content (AvgIpc) is 3.52. The summed E-state index contributed by atoms with van der Waals surface area (Å²) in [5.74, 6) is 1.14. The van der Waals surface area contributed by atoms with E-state index in [1.807, 2.05) is 6.07 Å². The minimum Gasteiger partial charge on any atom is -0.497 e. The topological polar surface area (TPSA) is 101 Å². The van der Waals surface area contributed by atoms with Gasteiger partial charge in [0.15, 0.2) is 0 Å². The number of carbonyl (C=O) groups is 1. The van der Waals surface area contributed by atoms with Gasteiger partial charge < -0.3 is 19.4 Å². The smallest absolute Gasteiger partial charge is 0.264 e. The third kappa shape index (κ3) is 5.67. The molecule has 8 nitrogen and oxygen atoms in total. The van der Waals surface area contributed by atoms with Crippen LogP contribution in [0.25, 0.3) is 0 Å². The van der Waals surface area contributed by atoms with Crippen LogP contribution in [0.3, 0.4) is 0 Å². The van der Waals surface area contributed by atoms with E-state index in [0.717, 1.165) is 31.7 Å². The lowest BCUT2D eigenvalue weighted by atomic mass is 10.2. The Hall–Kier alpha value is -3.46. The molecule has 4 rings (SSSR count). The number of ether oxygens (including phenoxy) is 1. The molecule has 0 bridgehead atoms. The Bertz CT molecular complexity index is 1190. The van der Waals surface area contributed by atoms with Gasteiger partial charge in [0.05, 0.1) is 19.1 Å². The fraction of sp³-hybridized carbons (Fsp3) is 0.292. The van der Waals surface area contributed by atoms with Crippen LogP contribution in [0, 0.1) is 0 Å². The number of carbonyl (C=O) groups excluding carboxylic acids is 1. The second-order valence-corrected chi connectivity index (χ2v) is 9.49. The van der Waals surface area contributed by atoms with Crippen molar-refractivity contribution in [3.05, 3.63) is 66.6 Å². The highest BCUT2D eigenvalue weighted by Gasteiger charge is 2.25. The number of hydrogen-bond acceptors (Lipinski definition) is 6. The van der Waals surface area contributed by atoms with Crippen molar-refractivity contribution in [2.45, 2.75) is 30.6 Å². The number of aryl methyl sites for hydroxylation is 1. The van der Waals surface area contributed by atoms with Gasteiger partial charge in [-0.2, -0.15) is 0 Å². The zero-order valence-corrected chi connectivity index (χ0v) is 19.2. The van der Waals surface area contributed by atoms with E-state index < -0.39 is 10.0 Å². The van der Waals surface area contributed by atoms with Crippen LogP contribution < -0.4 is 19.7 Å². The molecule has 0 radical (unpaired) electrons. The van der Waals surface area contributed by atoms with E-state index >= 15 is 0 Å². The molecular formula is C24H27N3O5S. The monoisotopic (exact) mass is 469 g/mol. The second kappa shape index (κ2) is 9.99. The molecule has 2 heterocycles. The molecule has 1 amide bonds. The SMILES string of the molecule is COc1ccc(NS(=O)(=O)c2cc(NC(=O)CCc3ccco3)ccc2N2CCCC2)cc1. The van der Waals surface area contributed by atoms with Gasteiger partial charge in [-0.1, -0.05) is 0 Å². The molecule has 2 aromatic carbocycles. The summed E-state index contributed by atoms with van der Waals surface area (Å²) in [6.45, 7) is 1.58. The number of furan rings is 1. The minimum absolute atomic E-state index is 0.129. The van der Waals surface area contributed by atoms with Gasteiger partial charge in [0.25, 0.3) is 10.0 Å². The summed E-state index contributed by atoms with van der Waals surface area (Å²) in [5.41, 5.74) is 1.48. The molecule has 174 valence electrons. The third-order valence-corrected chi connectivity index (χ3v) is 6.91. The van der Waals surface area contributed by atoms with Crippen LogP contribution in [-0.2, 0) is 21.2 Å². The number of rotatable bonds is 9. The predicted octanol–water partition coefficient (Wildman–Crippen LogP) is 4.26. The number of nitrogens with one attached hydrogen (secondary N) is 2. The van der Waals surface area contributed by atoms with Crippen LogP contribution in [0.2, 0.25) is 0 Å². The summed E-state index contributed by atoms with van der Waals surface area (Å²) < 4.78 is 39.8. The summed E-state index contributed by atoms with van der Waals surface area (Å²) in [7, 11) is -2.35. The maximum Gasteiger partial charge on any atom is 0.264 e. The van der Waals surface area contributed by atoms with E-state index in [0.29, 0.717) is 29.2 Å². The fourth-order valence-electron chi connectivity index (χ4n) is 3.81. The number of hydrogen-bond donors (Lipinski definition) is 2. The van der Waals surface area contributed by atoms with Crippen molar-refractivity contribution in [2.75, 3.05) is 35.1 Å². The first-order valence-electron chi connectivity index (χ1n) is 10.8. The van der Waals surface area contributed by atoms with E-state index in [9.17, 15) is 13.2 Å². The molecule has 0 atom stereocenters. The maximum atomic E-state index is 13.4. The molecule has 33 heavy (non-hydrogen) atoms. The Kier molecular flexibility index (Phi) is 6.88. The number of benzene rings is 2. The van der Waals surface area contributed by atoms with Crippen LogP contribution in [0.4, 0.5) is 17.1 Å². The van der Waals surface area contributed by atoms with E-state index in [-0.39, 0.29) is 17.2 Å². The van der Waals surface area contributed by atoms with Crippen molar-refractivity contribution in [2.24, 2.45) is 0 Å². The van der Waals surface area contributed by atoms with E-state index in [1.54, 1.807) is 55.8 Å². The van der Waals surface area contributed by atoms with Gasteiger partial charge in [-0.3, -0.25) is 9.52 Å². The standard InChI is InChI=1S/C24H27N3O5S/c1-31-20-9-6-18(7-10-20)26-33(29,30)23-17-19(8-12-22(23)27-14-2-3-15-27)25-24(28)13-11-21-5-4-16-32-21/h4-10,12,16-17,26H,2-3,11,13-15H2,1H3,(H,25,28). The highest BCUT2D eigenvalue weighted by Crippen LogP contribution is 2.32. The second-order valence-electron chi connectivity index (χ2n) is 7.84. The minimum atomic E-state index is -3.91. The maximum absolute atomic E-state index is 13.4. The van der Waals surface area contributed by atoms with E-state index in [4.69, 9.17) is 9.15 Å². The van der Waals surface area contributed by atoms with Gasteiger partial charge in [0, 0.05) is 37.3 Å². The van der Waals surface area contributed by atoms with Gasteiger partial charge in [0.1, 0.15) is 16.4 Å². The van der Waals surface area contributed by atoms with Gasteiger partial charge >= 0.3 is 0 Å². The fourth-order valence-corrected chi connectivity index (χ4v) is 5.12. The molecule has 2 N–H and O–H groups in total. The molecule has 0 aliphatic carbocycles. The summed E-state index contributed by atoms with van der Waals surface area (Å²) >= 11 is 0. The van der Waals surface area contributed by atoms with Crippen LogP contribution >= 0.6 is 0 Å². The normalized spacial score (nSPS) is 13.7. The Morgan fingerprint density at radius 3 is 2.45 bits per heavy atom. The van der Waals surface area contributed by atoms with Crippen LogP contribution in [0.5, 0.6) is 5.75 Å². The highest BCUT2D eigenvalue weighted by molar-refractivity contribution is 7.92. The number of anilines is 3. The zero-order valence-electron chi connectivity index (χ0n) is 18.4. The predicted molar refractivity (Wildman–Crippen MR) is 127 cm³/mol. The summed E-state index contributed by atoms with van der Waals surface area (Å²) in [6.07, 6.45) is 4.28. The zero-order chi connectivity index (χ0) is 23.3. The Morgan fingerprint density at radius 2 is 1.79 bits per heavy atom. The van der Waals surface area contributed by atoms with E-state index in [1.165, 1.54) is 6.07 Å². The summed E-state index contributed by atoms with van der Waals surface area (Å²) in [4.78, 5) is 14.6. The Balaban J connectivity index is 1.57. The van der Waals surface area contributed by atoms with Crippen molar-refractivity contribution in [1.82, 2.24) is 0 Å². The lowest BCUT2D eigenvalue weighted by Crippen LogP contribution is -2.23. The number of amides is 1. The first-order chi connectivity index (χ1) is 15.9. The quantitative estimate of drug-likeness (QED) is 0.486. The van der Waals surface area contributed by atoms with Crippen molar-refractivity contribution >= 4 is 33.0 Å². The molecule has 0 unspecified atom stereocenters. The lowest BCUT2D eigenvalue weighted by Gasteiger charge is -2.22. The van der Waals surface area contributed by atoms with Gasteiger partial charge in [-0.15, -0.1) is 0 Å². The molecule has 1 fully saturated rings. The van der Waals surface area contributed by atoms with Crippen molar-refractivity contribution < 1.29 is 22.4 Å². The largest absolute Gasteiger partial charge is 0.497 e. The molecular weight excluding hydrogens is 442 g/mol. The highest BCUT2D eigenvalue weighted by atomic mass is 32.2. The van der Waals surface area contributed by atoms with Gasteiger partial charge in [0.2, 0.25) is 5.91 Å². The summed E-state index contributed by atoms with van der Waals surface area (Å²) in [6, 6.07) is 15.3. The van der Waals surface area contributed by atoms with E-state index in [2.05, 4.69) is 14.9 Å². The third-order valence-electron chi connectivity index (χ3n) is 5.50. The molecule has 1 aliphatic heterocycles. The van der Waals surface area contributed by atoms with Gasteiger partial charge in [-0.25, -0.2) is 8.42 Å². The number of nitrogens with zero attached hydrogens (tertiary/aromatic N) is 1. The molecule has 0 spiro atoms. The lowest BCUT2D eigenvalue weighted by molar-refractivity contribution is -0.116. The molecule has 0 saturated carbocycles. The first kappa shape index (κ1) is 22.7. The number of sulfonamides is 1. The van der Waals surface area contributed by atoms with Crippen molar-refractivity contribution in [3.8, 4) is 5.75 Å². The van der Waals surface area contributed by atoms with Gasteiger partial charge in [-0.05, 0) is 67.4 Å². The molecule has 1 aromatic heterocycles. The number of methoxy groups -OCH3 is 1. The molecule has 3 aromatic rings. The Labute approximate surface area is 193 Å². The molecule has 1 aliphatic rings. The van der Waals surface area contributed by atoms with Crippen LogP contribution in [0.1, 0.15) is 25.0 Å². The van der Waals surface area contributed by atoms with Crippen LogP contribution in [-0.4, -0.2) is 34.5 Å². The summed E-state index contributed by atoms with van der Waals surface area (Å²) in [5, 5.41) is 2.81. The van der Waals surface area contributed by atoms with Crippen molar-refractivity contribution in [3.63, 3.8) is 0 Å². The molecule has 1 saturated heterocycles.